The van der Waals surface area contributed by atoms with Gasteiger partial charge >= 0.3 is 0 Å². The first-order valence-corrected chi connectivity index (χ1v) is 10.8. The highest BCUT2D eigenvalue weighted by Gasteiger charge is 2.24. The molecule has 1 atom stereocenters. The third kappa shape index (κ3) is 5.96. The second kappa shape index (κ2) is 9.77. The number of carbonyl (C=O) groups excluding carboxylic acids is 1. The van der Waals surface area contributed by atoms with E-state index in [1.807, 2.05) is 32.0 Å². The number of hydrazine groups is 1. The standard InChI is InChI=1S/C19H23FN4O3S2/c1-4-14-9-7-8-12(2)17(14)21-19(28)23-22-18(25)13(3)24-29(26,27)16-11-6-5-10-15(16)20/h5-11,13,24H,4H2,1-3H3,(H,22,25)(H2,21,23,28)/t13-/m1/s1. The summed E-state index contributed by atoms with van der Waals surface area (Å²) in [5, 5.41) is 3.17. The van der Waals surface area contributed by atoms with Gasteiger partial charge in [-0.05, 0) is 55.7 Å². The van der Waals surface area contributed by atoms with Crippen molar-refractivity contribution in [2.75, 3.05) is 5.32 Å². The molecule has 2 aromatic carbocycles. The summed E-state index contributed by atoms with van der Waals surface area (Å²) >= 11 is 5.19. The highest BCUT2D eigenvalue weighted by Crippen LogP contribution is 2.20. The molecule has 0 radical (unpaired) electrons. The average molecular weight is 439 g/mol. The topological polar surface area (TPSA) is 99.3 Å². The number of aryl methyl sites for hydroxylation is 2. The van der Waals surface area contributed by atoms with Crippen LogP contribution >= 0.6 is 12.2 Å². The lowest BCUT2D eigenvalue weighted by Crippen LogP contribution is -2.52. The minimum atomic E-state index is -4.20. The fourth-order valence-electron chi connectivity index (χ4n) is 2.59. The molecular weight excluding hydrogens is 415 g/mol. The number of hydrogen-bond acceptors (Lipinski definition) is 4. The summed E-state index contributed by atoms with van der Waals surface area (Å²) in [6.07, 6.45) is 0.799. The number of nitrogens with one attached hydrogen (secondary N) is 4. The zero-order valence-corrected chi connectivity index (χ0v) is 17.9. The van der Waals surface area contributed by atoms with Crippen LogP contribution in [0.3, 0.4) is 0 Å². The Morgan fingerprint density at radius 3 is 2.48 bits per heavy atom. The number of hydrogen-bond donors (Lipinski definition) is 4. The lowest BCUT2D eigenvalue weighted by molar-refractivity contribution is -0.122. The van der Waals surface area contributed by atoms with Crippen LogP contribution in [0.15, 0.2) is 47.4 Å². The van der Waals surface area contributed by atoms with Crippen LogP contribution in [0.1, 0.15) is 25.0 Å². The van der Waals surface area contributed by atoms with Gasteiger partial charge in [0, 0.05) is 5.69 Å². The van der Waals surface area contributed by atoms with Gasteiger partial charge in [0.2, 0.25) is 10.0 Å². The molecule has 0 bridgehead atoms. The van der Waals surface area contributed by atoms with E-state index in [1.165, 1.54) is 19.1 Å². The smallest absolute Gasteiger partial charge is 0.256 e. The fraction of sp³-hybridized carbons (Fsp3) is 0.263. The number of thiocarbonyl (C=S) groups is 1. The monoisotopic (exact) mass is 438 g/mol. The molecule has 0 fully saturated rings. The number of sulfonamides is 1. The molecule has 0 saturated carbocycles. The number of rotatable bonds is 6. The third-order valence-electron chi connectivity index (χ3n) is 4.13. The van der Waals surface area contributed by atoms with Gasteiger partial charge < -0.3 is 5.32 Å². The van der Waals surface area contributed by atoms with Crippen molar-refractivity contribution in [2.24, 2.45) is 0 Å². The minimum Gasteiger partial charge on any atom is -0.331 e. The van der Waals surface area contributed by atoms with E-state index < -0.39 is 32.7 Å². The van der Waals surface area contributed by atoms with Crippen molar-refractivity contribution in [1.82, 2.24) is 15.6 Å². The molecule has 4 N–H and O–H groups in total. The largest absolute Gasteiger partial charge is 0.331 e. The van der Waals surface area contributed by atoms with Gasteiger partial charge in [0.1, 0.15) is 10.7 Å². The Kier molecular flexibility index (Phi) is 7.66. The highest BCUT2D eigenvalue weighted by molar-refractivity contribution is 7.89. The first kappa shape index (κ1) is 22.7. The number of anilines is 1. The quantitative estimate of drug-likeness (QED) is 0.408. The molecule has 1 amide bonds. The average Bonchev–Trinajstić information content (AvgIpc) is 2.67. The Hall–Kier alpha value is -2.56. The second-order valence-electron chi connectivity index (χ2n) is 6.30. The molecule has 0 saturated heterocycles. The maximum Gasteiger partial charge on any atom is 0.256 e. The molecular formula is C19H23FN4O3S2. The van der Waals surface area contributed by atoms with E-state index in [2.05, 4.69) is 20.9 Å². The second-order valence-corrected chi connectivity index (χ2v) is 8.40. The number of amides is 1. The Labute approximate surface area is 175 Å². The maximum atomic E-state index is 13.7. The fourth-order valence-corrected chi connectivity index (χ4v) is 4.02. The van der Waals surface area contributed by atoms with E-state index in [9.17, 15) is 17.6 Å². The first-order valence-electron chi connectivity index (χ1n) is 8.88. The van der Waals surface area contributed by atoms with Gasteiger partial charge in [-0.3, -0.25) is 15.6 Å². The summed E-state index contributed by atoms with van der Waals surface area (Å²) in [4.78, 5) is 11.7. The zero-order valence-electron chi connectivity index (χ0n) is 16.2. The van der Waals surface area contributed by atoms with Gasteiger partial charge in [-0.2, -0.15) is 4.72 Å². The predicted molar refractivity (Wildman–Crippen MR) is 114 cm³/mol. The molecule has 2 aromatic rings. The normalized spacial score (nSPS) is 12.1. The molecule has 0 aliphatic carbocycles. The lowest BCUT2D eigenvalue weighted by Gasteiger charge is -2.18. The zero-order chi connectivity index (χ0) is 21.6. The Bertz CT molecular complexity index is 1010. The summed E-state index contributed by atoms with van der Waals surface area (Å²) in [7, 11) is -4.20. The van der Waals surface area contributed by atoms with E-state index in [1.54, 1.807) is 0 Å². The molecule has 0 aliphatic heterocycles. The van der Waals surface area contributed by atoms with Gasteiger partial charge in [-0.1, -0.05) is 37.3 Å². The van der Waals surface area contributed by atoms with Crippen molar-refractivity contribution in [1.29, 1.82) is 0 Å². The van der Waals surface area contributed by atoms with Gasteiger partial charge in [-0.15, -0.1) is 0 Å². The van der Waals surface area contributed by atoms with Gasteiger partial charge in [0.15, 0.2) is 5.11 Å². The van der Waals surface area contributed by atoms with Gasteiger partial charge in [0.25, 0.3) is 5.91 Å². The molecule has 7 nitrogen and oxygen atoms in total. The number of benzene rings is 2. The maximum absolute atomic E-state index is 13.7. The van der Waals surface area contributed by atoms with E-state index in [0.29, 0.717) is 0 Å². The summed E-state index contributed by atoms with van der Waals surface area (Å²) in [6, 6.07) is 9.60. The lowest BCUT2D eigenvalue weighted by atomic mass is 10.1. The molecule has 10 heteroatoms. The minimum absolute atomic E-state index is 0.145. The van der Waals surface area contributed by atoms with Crippen molar-refractivity contribution < 1.29 is 17.6 Å². The van der Waals surface area contributed by atoms with E-state index in [0.717, 1.165) is 35.4 Å². The molecule has 29 heavy (non-hydrogen) atoms. The van der Waals surface area contributed by atoms with Crippen LogP contribution in [0, 0.1) is 12.7 Å². The molecule has 0 unspecified atom stereocenters. The summed E-state index contributed by atoms with van der Waals surface area (Å²) in [5.74, 6) is -1.59. The van der Waals surface area contributed by atoms with Crippen molar-refractivity contribution in [3.05, 3.63) is 59.4 Å². The Balaban J connectivity index is 1.95. The van der Waals surface area contributed by atoms with E-state index >= 15 is 0 Å². The molecule has 0 aliphatic rings. The van der Waals surface area contributed by atoms with Crippen molar-refractivity contribution >= 4 is 38.9 Å². The molecule has 0 aromatic heterocycles. The highest BCUT2D eigenvalue weighted by atomic mass is 32.2. The van der Waals surface area contributed by atoms with Crippen LogP contribution in [-0.4, -0.2) is 25.5 Å². The van der Waals surface area contributed by atoms with E-state index in [4.69, 9.17) is 12.2 Å². The van der Waals surface area contributed by atoms with Crippen LogP contribution in [0.25, 0.3) is 0 Å². The number of para-hydroxylation sites is 1. The summed E-state index contributed by atoms with van der Waals surface area (Å²) in [6.45, 7) is 5.28. The van der Waals surface area contributed by atoms with Crippen LogP contribution in [0.5, 0.6) is 0 Å². The molecule has 0 spiro atoms. The summed E-state index contributed by atoms with van der Waals surface area (Å²) in [5.41, 5.74) is 7.77. The first-order chi connectivity index (χ1) is 13.7. The summed E-state index contributed by atoms with van der Waals surface area (Å²) < 4.78 is 40.4. The number of halogens is 1. The van der Waals surface area contributed by atoms with Crippen LogP contribution in [0.4, 0.5) is 10.1 Å². The van der Waals surface area contributed by atoms with Crippen LogP contribution in [0.2, 0.25) is 0 Å². The third-order valence-corrected chi connectivity index (χ3v) is 5.91. The van der Waals surface area contributed by atoms with Crippen LogP contribution < -0.4 is 20.9 Å². The number of carbonyl (C=O) groups is 1. The molecule has 156 valence electrons. The Morgan fingerprint density at radius 1 is 1.14 bits per heavy atom. The van der Waals surface area contributed by atoms with Gasteiger partial charge in [0.05, 0.1) is 6.04 Å². The van der Waals surface area contributed by atoms with E-state index in [-0.39, 0.29) is 5.11 Å². The Morgan fingerprint density at radius 2 is 1.83 bits per heavy atom. The van der Waals surface area contributed by atoms with Crippen LogP contribution in [-0.2, 0) is 21.2 Å². The van der Waals surface area contributed by atoms with Crippen molar-refractivity contribution in [2.45, 2.75) is 38.1 Å². The SMILES string of the molecule is CCc1cccc(C)c1NC(=S)NNC(=O)[C@@H](C)NS(=O)(=O)c1ccccc1F. The molecule has 0 heterocycles. The van der Waals surface area contributed by atoms with Gasteiger partial charge in [-0.25, -0.2) is 12.8 Å². The predicted octanol–water partition coefficient (Wildman–Crippen LogP) is 2.38. The van der Waals surface area contributed by atoms with Crippen molar-refractivity contribution in [3.8, 4) is 0 Å². The molecule has 2 rings (SSSR count). The van der Waals surface area contributed by atoms with Crippen molar-refractivity contribution in [3.63, 3.8) is 0 Å².